The van der Waals surface area contributed by atoms with Crippen molar-refractivity contribution in [2.45, 2.75) is 44.8 Å². The van der Waals surface area contributed by atoms with Crippen molar-refractivity contribution in [1.82, 2.24) is 0 Å². The second-order valence-corrected chi connectivity index (χ2v) is 6.13. The van der Waals surface area contributed by atoms with Crippen LogP contribution < -0.4 is 0 Å². The van der Waals surface area contributed by atoms with Crippen molar-refractivity contribution >= 4 is 23.9 Å². The molecular weight excluding hydrogens is 401 g/mol. The highest BCUT2D eigenvalue weighted by Gasteiger charge is 2.44. The summed E-state index contributed by atoms with van der Waals surface area (Å²) in [6.45, 7) is 1.53. The van der Waals surface area contributed by atoms with Crippen LogP contribution in [-0.4, -0.2) is 48.8 Å². The molecule has 0 spiro atoms. The van der Waals surface area contributed by atoms with E-state index in [9.17, 15) is 32.3 Å². The first kappa shape index (κ1) is 22.2. The summed E-state index contributed by atoms with van der Waals surface area (Å²) in [5.74, 6) is -3.33. The quantitative estimate of drug-likeness (QED) is 0.511. The molecule has 0 bridgehead atoms. The van der Waals surface area contributed by atoms with Gasteiger partial charge in [0.05, 0.1) is 17.5 Å². The summed E-state index contributed by atoms with van der Waals surface area (Å²) in [5, 5.41) is 0. The van der Waals surface area contributed by atoms with Gasteiger partial charge in [0.15, 0.2) is 18.3 Å². The standard InChI is InChI=1S/C18H17F3O8/c1-9(22)27-13-7-15(24)29-16(13)14(28-10(2)23)8-26-17(25)11-4-3-5-12(6-11)18(19,20)21/h3-6,13-14,16H,7-8H2,1-2H3/t13-,14-,16+/m1/s1. The van der Waals surface area contributed by atoms with Crippen molar-refractivity contribution < 1.29 is 51.3 Å². The van der Waals surface area contributed by atoms with Gasteiger partial charge in [-0.2, -0.15) is 13.2 Å². The van der Waals surface area contributed by atoms with Crippen LogP contribution in [0.15, 0.2) is 24.3 Å². The molecule has 158 valence electrons. The first-order valence-corrected chi connectivity index (χ1v) is 8.35. The zero-order chi connectivity index (χ0) is 21.8. The van der Waals surface area contributed by atoms with Crippen LogP contribution in [0.1, 0.15) is 36.2 Å². The van der Waals surface area contributed by atoms with E-state index >= 15 is 0 Å². The molecule has 1 fully saturated rings. The number of rotatable bonds is 6. The lowest BCUT2D eigenvalue weighted by atomic mass is 10.1. The Morgan fingerprint density at radius 3 is 2.48 bits per heavy atom. The molecule has 1 saturated heterocycles. The Bertz CT molecular complexity index is 805. The number of halogens is 3. The summed E-state index contributed by atoms with van der Waals surface area (Å²) in [6, 6.07) is 3.56. The van der Waals surface area contributed by atoms with Crippen LogP contribution in [0.25, 0.3) is 0 Å². The summed E-state index contributed by atoms with van der Waals surface area (Å²) in [4.78, 5) is 46.2. The molecule has 11 heteroatoms. The van der Waals surface area contributed by atoms with E-state index in [0.29, 0.717) is 6.07 Å². The van der Waals surface area contributed by atoms with Gasteiger partial charge in [0.1, 0.15) is 6.61 Å². The monoisotopic (exact) mass is 418 g/mol. The van der Waals surface area contributed by atoms with Crippen molar-refractivity contribution in [2.75, 3.05) is 6.61 Å². The third-order valence-corrected chi connectivity index (χ3v) is 3.81. The predicted molar refractivity (Wildman–Crippen MR) is 87.3 cm³/mol. The summed E-state index contributed by atoms with van der Waals surface area (Å²) in [7, 11) is 0. The number of benzene rings is 1. The van der Waals surface area contributed by atoms with Crippen LogP contribution in [0.3, 0.4) is 0 Å². The van der Waals surface area contributed by atoms with Crippen molar-refractivity contribution in [2.24, 2.45) is 0 Å². The smallest absolute Gasteiger partial charge is 0.416 e. The minimum Gasteiger partial charge on any atom is -0.458 e. The van der Waals surface area contributed by atoms with E-state index in [1.807, 2.05) is 0 Å². The molecule has 29 heavy (non-hydrogen) atoms. The average Bonchev–Trinajstić information content (AvgIpc) is 2.96. The van der Waals surface area contributed by atoms with Gasteiger partial charge in [-0.1, -0.05) is 6.07 Å². The van der Waals surface area contributed by atoms with Gasteiger partial charge in [0.25, 0.3) is 0 Å². The van der Waals surface area contributed by atoms with E-state index in [1.54, 1.807) is 0 Å². The maximum atomic E-state index is 12.8. The molecule has 0 aliphatic carbocycles. The number of cyclic esters (lactones) is 1. The molecule has 0 amide bonds. The first-order valence-electron chi connectivity index (χ1n) is 8.35. The molecule has 8 nitrogen and oxygen atoms in total. The minimum atomic E-state index is -4.65. The molecule has 0 unspecified atom stereocenters. The number of ether oxygens (including phenoxy) is 4. The molecule has 1 aromatic carbocycles. The molecule has 0 N–H and O–H groups in total. The SMILES string of the molecule is CC(=O)O[C@H](COC(=O)c1cccc(C(F)(F)F)c1)[C@H]1OC(=O)C[C@H]1OC(C)=O. The Morgan fingerprint density at radius 2 is 1.90 bits per heavy atom. The third-order valence-electron chi connectivity index (χ3n) is 3.81. The largest absolute Gasteiger partial charge is 0.458 e. The number of carbonyl (C=O) groups is 4. The van der Waals surface area contributed by atoms with Crippen LogP contribution in [-0.2, 0) is 39.5 Å². The Kier molecular flexibility index (Phi) is 6.83. The van der Waals surface area contributed by atoms with Gasteiger partial charge >= 0.3 is 30.1 Å². The maximum Gasteiger partial charge on any atom is 0.416 e. The highest BCUT2D eigenvalue weighted by molar-refractivity contribution is 5.89. The van der Waals surface area contributed by atoms with Gasteiger partial charge in [0, 0.05) is 13.8 Å². The summed E-state index contributed by atoms with van der Waals surface area (Å²) < 4.78 is 58.2. The molecule has 1 aromatic rings. The lowest BCUT2D eigenvalue weighted by Gasteiger charge is -2.25. The van der Waals surface area contributed by atoms with Crippen LogP contribution in [0.4, 0.5) is 13.2 Å². The minimum absolute atomic E-state index is 0.288. The molecule has 0 radical (unpaired) electrons. The second kappa shape index (κ2) is 8.93. The van der Waals surface area contributed by atoms with Crippen LogP contribution in [0, 0.1) is 0 Å². The van der Waals surface area contributed by atoms with Gasteiger partial charge in [-0.05, 0) is 18.2 Å². The van der Waals surface area contributed by atoms with Gasteiger partial charge in [-0.3, -0.25) is 14.4 Å². The fourth-order valence-electron chi connectivity index (χ4n) is 2.67. The van der Waals surface area contributed by atoms with E-state index < -0.39 is 60.5 Å². The van der Waals surface area contributed by atoms with Gasteiger partial charge in [-0.25, -0.2) is 4.79 Å². The Hall–Kier alpha value is -3.11. The van der Waals surface area contributed by atoms with Crippen LogP contribution >= 0.6 is 0 Å². The highest BCUT2D eigenvalue weighted by atomic mass is 19.4. The predicted octanol–water partition coefficient (Wildman–Crippen LogP) is 2.04. The molecule has 0 saturated carbocycles. The number of esters is 4. The molecule has 1 aliphatic rings. The number of hydrogen-bond donors (Lipinski definition) is 0. The van der Waals surface area contributed by atoms with Crippen molar-refractivity contribution in [3.8, 4) is 0 Å². The lowest BCUT2D eigenvalue weighted by molar-refractivity contribution is -0.171. The fourth-order valence-corrected chi connectivity index (χ4v) is 2.67. The highest BCUT2D eigenvalue weighted by Crippen LogP contribution is 2.30. The normalized spacial score (nSPS) is 19.8. The summed E-state index contributed by atoms with van der Waals surface area (Å²) >= 11 is 0. The van der Waals surface area contributed by atoms with Gasteiger partial charge in [-0.15, -0.1) is 0 Å². The zero-order valence-electron chi connectivity index (χ0n) is 15.4. The van der Waals surface area contributed by atoms with Crippen molar-refractivity contribution in [1.29, 1.82) is 0 Å². The first-order chi connectivity index (χ1) is 13.5. The molecule has 2 rings (SSSR count). The fraction of sp³-hybridized carbons (Fsp3) is 0.444. The van der Waals surface area contributed by atoms with Crippen LogP contribution in [0.2, 0.25) is 0 Å². The van der Waals surface area contributed by atoms with Crippen molar-refractivity contribution in [3.05, 3.63) is 35.4 Å². The number of carbonyl (C=O) groups excluding carboxylic acids is 4. The topological polar surface area (TPSA) is 105 Å². The van der Waals surface area contributed by atoms with E-state index in [2.05, 4.69) is 0 Å². The summed E-state index contributed by atoms with van der Waals surface area (Å²) in [5.41, 5.74) is -1.41. The Labute approximate surface area is 162 Å². The van der Waals surface area contributed by atoms with Crippen LogP contribution in [0.5, 0.6) is 0 Å². The molecule has 1 heterocycles. The van der Waals surface area contributed by atoms with Gasteiger partial charge < -0.3 is 18.9 Å². The van der Waals surface area contributed by atoms with Gasteiger partial charge in [0.2, 0.25) is 0 Å². The maximum absolute atomic E-state index is 12.8. The molecule has 1 aliphatic heterocycles. The molecular formula is C18H17F3O8. The second-order valence-electron chi connectivity index (χ2n) is 6.13. The Morgan fingerprint density at radius 1 is 1.21 bits per heavy atom. The third kappa shape index (κ3) is 6.19. The number of alkyl halides is 3. The average molecular weight is 418 g/mol. The number of hydrogen-bond acceptors (Lipinski definition) is 8. The van der Waals surface area contributed by atoms with E-state index in [1.165, 1.54) is 0 Å². The molecule has 3 atom stereocenters. The lowest BCUT2D eigenvalue weighted by Crippen LogP contribution is -2.42. The van der Waals surface area contributed by atoms with E-state index in [4.69, 9.17) is 18.9 Å². The van der Waals surface area contributed by atoms with Crippen molar-refractivity contribution in [3.63, 3.8) is 0 Å². The molecule has 0 aromatic heterocycles. The summed E-state index contributed by atoms with van der Waals surface area (Å²) in [6.07, 6.45) is -8.56. The Balaban J connectivity index is 2.12. The van der Waals surface area contributed by atoms with E-state index in [-0.39, 0.29) is 12.0 Å². The zero-order valence-corrected chi connectivity index (χ0v) is 15.4. The van der Waals surface area contributed by atoms with E-state index in [0.717, 1.165) is 32.0 Å².